The van der Waals surface area contributed by atoms with Crippen molar-refractivity contribution in [2.45, 2.75) is 26.2 Å². The van der Waals surface area contributed by atoms with Crippen molar-refractivity contribution in [2.24, 2.45) is 0 Å². The fraction of sp³-hybridized carbons (Fsp3) is 0.556. The quantitative estimate of drug-likeness (QED) is 0.304. The number of aliphatic hydroxyl groups excluding tert-OH is 1. The van der Waals surface area contributed by atoms with Gasteiger partial charge in [-0.15, -0.1) is 0 Å². The SMILES string of the molecule is CC(=CO)C(=O)OCCCCC#N. The van der Waals surface area contributed by atoms with Gasteiger partial charge < -0.3 is 9.84 Å². The molecule has 4 nitrogen and oxygen atoms in total. The molecule has 0 spiro atoms. The molecule has 0 heterocycles. The molecular formula is C9H13NO3. The number of carbonyl (C=O) groups is 1. The first-order chi connectivity index (χ1) is 6.22. The van der Waals surface area contributed by atoms with Gasteiger partial charge in [-0.05, 0) is 19.8 Å². The van der Waals surface area contributed by atoms with Crippen LogP contribution in [0.2, 0.25) is 0 Å². The van der Waals surface area contributed by atoms with Crippen molar-refractivity contribution >= 4 is 5.97 Å². The molecule has 0 aliphatic heterocycles. The van der Waals surface area contributed by atoms with Gasteiger partial charge in [-0.25, -0.2) is 4.79 Å². The third-order valence-corrected chi connectivity index (χ3v) is 1.43. The van der Waals surface area contributed by atoms with Crippen LogP contribution in [0.15, 0.2) is 11.8 Å². The predicted molar refractivity (Wildman–Crippen MR) is 46.8 cm³/mol. The number of nitrogens with zero attached hydrogens (tertiary/aromatic N) is 1. The summed E-state index contributed by atoms with van der Waals surface area (Å²) in [6.07, 6.45) is 2.60. The number of hydrogen-bond acceptors (Lipinski definition) is 4. The van der Waals surface area contributed by atoms with Gasteiger partial charge in [0.15, 0.2) is 0 Å². The molecule has 0 aromatic rings. The molecule has 72 valence electrons. The fourth-order valence-electron chi connectivity index (χ4n) is 0.638. The summed E-state index contributed by atoms with van der Waals surface area (Å²) in [4.78, 5) is 10.9. The maximum Gasteiger partial charge on any atom is 0.336 e. The van der Waals surface area contributed by atoms with Gasteiger partial charge >= 0.3 is 5.97 Å². The van der Waals surface area contributed by atoms with E-state index in [4.69, 9.17) is 15.1 Å². The largest absolute Gasteiger partial charge is 0.515 e. The molecule has 0 radical (unpaired) electrons. The van der Waals surface area contributed by atoms with Crippen LogP contribution in [0.25, 0.3) is 0 Å². The summed E-state index contributed by atoms with van der Waals surface area (Å²) in [5.74, 6) is -0.514. The lowest BCUT2D eigenvalue weighted by molar-refractivity contribution is -0.139. The minimum atomic E-state index is -0.514. The molecule has 0 aromatic heterocycles. The zero-order valence-electron chi connectivity index (χ0n) is 7.62. The minimum Gasteiger partial charge on any atom is -0.515 e. The van der Waals surface area contributed by atoms with Crippen molar-refractivity contribution in [3.8, 4) is 6.07 Å². The van der Waals surface area contributed by atoms with Crippen molar-refractivity contribution in [1.82, 2.24) is 0 Å². The third kappa shape index (κ3) is 5.74. The highest BCUT2D eigenvalue weighted by molar-refractivity contribution is 5.87. The van der Waals surface area contributed by atoms with Gasteiger partial charge in [0.2, 0.25) is 0 Å². The van der Waals surface area contributed by atoms with E-state index in [0.29, 0.717) is 19.4 Å². The second-order valence-electron chi connectivity index (χ2n) is 2.56. The van der Waals surface area contributed by atoms with Crippen LogP contribution in [0.4, 0.5) is 0 Å². The molecule has 0 saturated carbocycles. The second-order valence-corrected chi connectivity index (χ2v) is 2.56. The number of rotatable bonds is 5. The monoisotopic (exact) mass is 183 g/mol. The fourth-order valence-corrected chi connectivity index (χ4v) is 0.638. The average Bonchev–Trinajstić information content (AvgIpc) is 2.16. The molecule has 0 bridgehead atoms. The molecule has 0 atom stereocenters. The summed E-state index contributed by atoms with van der Waals surface area (Å²) in [5, 5.41) is 16.6. The van der Waals surface area contributed by atoms with E-state index in [-0.39, 0.29) is 5.57 Å². The van der Waals surface area contributed by atoms with E-state index in [1.807, 2.05) is 6.07 Å². The number of esters is 1. The zero-order valence-corrected chi connectivity index (χ0v) is 7.62. The molecule has 0 rings (SSSR count). The lowest BCUT2D eigenvalue weighted by Crippen LogP contribution is -2.06. The Hall–Kier alpha value is -1.50. The highest BCUT2D eigenvalue weighted by atomic mass is 16.5. The van der Waals surface area contributed by atoms with Crippen LogP contribution in [0, 0.1) is 11.3 Å². The predicted octanol–water partition coefficient (Wildman–Crippen LogP) is 1.69. The molecule has 0 aliphatic carbocycles. The second kappa shape index (κ2) is 7.17. The van der Waals surface area contributed by atoms with Crippen LogP contribution in [0.5, 0.6) is 0 Å². The van der Waals surface area contributed by atoms with Gasteiger partial charge in [-0.2, -0.15) is 5.26 Å². The molecule has 13 heavy (non-hydrogen) atoms. The summed E-state index contributed by atoms with van der Waals surface area (Å²) < 4.78 is 4.76. The maximum absolute atomic E-state index is 10.9. The number of carbonyl (C=O) groups excluding carboxylic acids is 1. The number of aliphatic hydroxyl groups is 1. The molecule has 0 saturated heterocycles. The smallest absolute Gasteiger partial charge is 0.336 e. The Morgan fingerprint density at radius 2 is 2.31 bits per heavy atom. The number of ether oxygens (including phenoxy) is 1. The van der Waals surface area contributed by atoms with E-state index in [9.17, 15) is 4.79 Å². The standard InChI is InChI=1S/C9H13NO3/c1-8(7-11)9(12)13-6-4-2-3-5-10/h7,11H,2-4,6H2,1H3. The van der Waals surface area contributed by atoms with Crippen molar-refractivity contribution < 1.29 is 14.6 Å². The molecule has 1 N–H and O–H groups in total. The van der Waals surface area contributed by atoms with Crippen molar-refractivity contribution in [3.05, 3.63) is 11.8 Å². The Labute approximate surface area is 77.4 Å². The van der Waals surface area contributed by atoms with E-state index in [2.05, 4.69) is 0 Å². The molecule has 0 fully saturated rings. The summed E-state index contributed by atoms with van der Waals surface area (Å²) >= 11 is 0. The Balaban J connectivity index is 3.44. The number of hydrogen-bond donors (Lipinski definition) is 1. The lowest BCUT2D eigenvalue weighted by atomic mass is 10.2. The van der Waals surface area contributed by atoms with Gasteiger partial charge in [0.05, 0.1) is 24.5 Å². The van der Waals surface area contributed by atoms with E-state index < -0.39 is 5.97 Å². The van der Waals surface area contributed by atoms with Gasteiger partial charge in [-0.1, -0.05) is 0 Å². The number of unbranched alkanes of at least 4 members (excludes halogenated alkanes) is 2. The van der Waals surface area contributed by atoms with E-state index >= 15 is 0 Å². The van der Waals surface area contributed by atoms with Gasteiger partial charge in [0.1, 0.15) is 0 Å². The first kappa shape index (κ1) is 11.5. The van der Waals surface area contributed by atoms with Crippen LogP contribution >= 0.6 is 0 Å². The van der Waals surface area contributed by atoms with Crippen molar-refractivity contribution in [3.63, 3.8) is 0 Å². The lowest BCUT2D eigenvalue weighted by Gasteiger charge is -2.02. The number of nitriles is 1. The van der Waals surface area contributed by atoms with Crippen LogP contribution in [-0.2, 0) is 9.53 Å². The first-order valence-electron chi connectivity index (χ1n) is 4.07. The van der Waals surface area contributed by atoms with E-state index in [0.717, 1.165) is 12.7 Å². The Morgan fingerprint density at radius 1 is 1.62 bits per heavy atom. The normalized spacial score (nSPS) is 10.6. The first-order valence-corrected chi connectivity index (χ1v) is 4.07. The van der Waals surface area contributed by atoms with Crippen LogP contribution < -0.4 is 0 Å². The Morgan fingerprint density at radius 3 is 2.85 bits per heavy atom. The van der Waals surface area contributed by atoms with Gasteiger partial charge in [0, 0.05) is 6.42 Å². The third-order valence-electron chi connectivity index (χ3n) is 1.43. The summed E-state index contributed by atoms with van der Waals surface area (Å²) in [6.45, 7) is 1.77. The van der Waals surface area contributed by atoms with Crippen LogP contribution in [0.1, 0.15) is 26.2 Å². The zero-order chi connectivity index (χ0) is 10.1. The molecule has 0 aromatic carbocycles. The van der Waals surface area contributed by atoms with E-state index in [1.165, 1.54) is 6.92 Å². The van der Waals surface area contributed by atoms with E-state index in [1.54, 1.807) is 0 Å². The average molecular weight is 183 g/mol. The summed E-state index contributed by atoms with van der Waals surface area (Å²) in [6, 6.07) is 2.00. The topological polar surface area (TPSA) is 70.3 Å². The van der Waals surface area contributed by atoms with Crippen LogP contribution in [0.3, 0.4) is 0 Å². The molecule has 0 amide bonds. The molecule has 0 unspecified atom stereocenters. The highest BCUT2D eigenvalue weighted by Crippen LogP contribution is 1.98. The summed E-state index contributed by atoms with van der Waals surface area (Å²) in [7, 11) is 0. The summed E-state index contributed by atoms with van der Waals surface area (Å²) in [5.41, 5.74) is 0.181. The van der Waals surface area contributed by atoms with Crippen molar-refractivity contribution in [2.75, 3.05) is 6.61 Å². The molecular weight excluding hydrogens is 170 g/mol. The molecule has 0 aliphatic rings. The van der Waals surface area contributed by atoms with Gasteiger partial charge in [0.25, 0.3) is 0 Å². The minimum absolute atomic E-state index is 0.181. The Bertz CT molecular complexity index is 228. The van der Waals surface area contributed by atoms with Crippen LogP contribution in [-0.4, -0.2) is 17.7 Å². The highest BCUT2D eigenvalue weighted by Gasteiger charge is 2.04. The molecule has 4 heteroatoms. The Kier molecular flexibility index (Phi) is 6.34. The van der Waals surface area contributed by atoms with Crippen molar-refractivity contribution in [1.29, 1.82) is 5.26 Å². The maximum atomic E-state index is 10.9. The van der Waals surface area contributed by atoms with Gasteiger partial charge in [-0.3, -0.25) is 0 Å².